The summed E-state index contributed by atoms with van der Waals surface area (Å²) in [5.41, 5.74) is 0. The van der Waals surface area contributed by atoms with Crippen molar-refractivity contribution in [1.82, 2.24) is 4.72 Å². The molecule has 1 atom stereocenters. The Bertz CT molecular complexity index is 522. The summed E-state index contributed by atoms with van der Waals surface area (Å²) in [5.74, 6) is 0. The van der Waals surface area contributed by atoms with E-state index in [9.17, 15) is 21.6 Å². The first-order chi connectivity index (χ1) is 8.04. The number of aryl methyl sites for hydroxylation is 2. The van der Waals surface area contributed by atoms with Crippen molar-refractivity contribution >= 4 is 21.4 Å². The summed E-state index contributed by atoms with van der Waals surface area (Å²) in [6, 6.07) is 1.38. The Kier molecular flexibility index (Phi) is 4.42. The number of halogens is 3. The van der Waals surface area contributed by atoms with Crippen LogP contribution in [0.15, 0.2) is 11.0 Å². The molecule has 0 aromatic carbocycles. The highest BCUT2D eigenvalue weighted by molar-refractivity contribution is 7.89. The summed E-state index contributed by atoms with van der Waals surface area (Å²) in [5, 5.41) is 8.72. The van der Waals surface area contributed by atoms with E-state index in [0.29, 0.717) is 4.88 Å². The van der Waals surface area contributed by atoms with Crippen molar-refractivity contribution < 1.29 is 26.7 Å². The molecule has 1 rings (SSSR count). The SMILES string of the molecule is Cc1cc(S(=O)(=O)NC[C@H](O)C(F)(F)F)c(C)s1. The molecule has 0 amide bonds. The van der Waals surface area contributed by atoms with Crippen molar-refractivity contribution in [2.75, 3.05) is 6.54 Å². The van der Waals surface area contributed by atoms with Gasteiger partial charge in [0.05, 0.1) is 4.90 Å². The van der Waals surface area contributed by atoms with Crippen molar-refractivity contribution in [1.29, 1.82) is 0 Å². The summed E-state index contributed by atoms with van der Waals surface area (Å²) in [6.07, 6.45) is -7.56. The van der Waals surface area contributed by atoms with Gasteiger partial charge < -0.3 is 5.11 Å². The van der Waals surface area contributed by atoms with E-state index >= 15 is 0 Å². The molecule has 0 fully saturated rings. The van der Waals surface area contributed by atoms with Crippen molar-refractivity contribution in [2.24, 2.45) is 0 Å². The fourth-order valence-electron chi connectivity index (χ4n) is 1.26. The van der Waals surface area contributed by atoms with Gasteiger partial charge in [-0.2, -0.15) is 13.2 Å². The number of rotatable bonds is 4. The van der Waals surface area contributed by atoms with Gasteiger partial charge in [0.15, 0.2) is 6.10 Å². The summed E-state index contributed by atoms with van der Waals surface area (Å²) in [7, 11) is -4.03. The normalized spacial score (nSPS) is 14.8. The lowest BCUT2D eigenvalue weighted by Gasteiger charge is -2.15. The minimum Gasteiger partial charge on any atom is -0.382 e. The summed E-state index contributed by atoms with van der Waals surface area (Å²) >= 11 is 1.23. The van der Waals surface area contributed by atoms with Crippen molar-refractivity contribution in [2.45, 2.75) is 31.0 Å². The van der Waals surface area contributed by atoms with E-state index < -0.39 is 28.8 Å². The Labute approximate surface area is 106 Å². The van der Waals surface area contributed by atoms with Gasteiger partial charge in [0, 0.05) is 16.3 Å². The first-order valence-electron chi connectivity index (χ1n) is 4.85. The van der Waals surface area contributed by atoms with Gasteiger partial charge in [0.1, 0.15) is 0 Å². The molecule has 0 unspecified atom stereocenters. The van der Waals surface area contributed by atoms with E-state index in [1.54, 1.807) is 18.6 Å². The Hall–Kier alpha value is -0.640. The number of aliphatic hydroxyl groups is 1. The van der Waals surface area contributed by atoms with Gasteiger partial charge in [-0.25, -0.2) is 13.1 Å². The highest BCUT2D eigenvalue weighted by Gasteiger charge is 2.38. The van der Waals surface area contributed by atoms with E-state index in [0.717, 1.165) is 4.88 Å². The fourth-order valence-corrected chi connectivity index (χ4v) is 3.85. The molecule has 104 valence electrons. The third-order valence-electron chi connectivity index (χ3n) is 2.13. The second-order valence-electron chi connectivity index (χ2n) is 3.69. The number of hydrogen-bond acceptors (Lipinski definition) is 4. The molecule has 0 aliphatic carbocycles. The topological polar surface area (TPSA) is 66.4 Å². The van der Waals surface area contributed by atoms with Crippen molar-refractivity contribution in [3.63, 3.8) is 0 Å². The van der Waals surface area contributed by atoms with E-state index in [1.165, 1.54) is 17.4 Å². The van der Waals surface area contributed by atoms with E-state index in [1.807, 2.05) is 0 Å². The van der Waals surface area contributed by atoms with Gasteiger partial charge >= 0.3 is 6.18 Å². The Morgan fingerprint density at radius 3 is 2.39 bits per heavy atom. The summed E-state index contributed by atoms with van der Waals surface area (Å²) < 4.78 is 61.3. The van der Waals surface area contributed by atoms with E-state index in [2.05, 4.69) is 0 Å². The van der Waals surface area contributed by atoms with Crippen LogP contribution in [0.1, 0.15) is 9.75 Å². The maximum Gasteiger partial charge on any atom is 0.415 e. The molecular formula is C9H12F3NO3S2. The highest BCUT2D eigenvalue weighted by Crippen LogP contribution is 2.25. The number of alkyl halides is 3. The summed E-state index contributed by atoms with van der Waals surface area (Å²) in [4.78, 5) is 1.17. The third-order valence-corrected chi connectivity index (χ3v) is 4.77. The second kappa shape index (κ2) is 5.16. The number of hydrogen-bond donors (Lipinski definition) is 2. The first-order valence-corrected chi connectivity index (χ1v) is 7.15. The van der Waals surface area contributed by atoms with Gasteiger partial charge in [-0.1, -0.05) is 0 Å². The Balaban J connectivity index is 2.81. The lowest BCUT2D eigenvalue weighted by atomic mass is 10.4. The van der Waals surface area contributed by atoms with Gasteiger partial charge in [-0.15, -0.1) is 11.3 Å². The van der Waals surface area contributed by atoms with Gasteiger partial charge in [-0.05, 0) is 19.9 Å². The number of thiophene rings is 1. The molecule has 0 bridgehead atoms. The second-order valence-corrected chi connectivity index (χ2v) is 6.88. The van der Waals surface area contributed by atoms with E-state index in [4.69, 9.17) is 5.11 Å². The quantitative estimate of drug-likeness (QED) is 0.887. The van der Waals surface area contributed by atoms with Crippen LogP contribution in [0.2, 0.25) is 0 Å². The zero-order valence-corrected chi connectivity index (χ0v) is 11.2. The third kappa shape index (κ3) is 3.67. The predicted molar refractivity (Wildman–Crippen MR) is 61.0 cm³/mol. The minimum absolute atomic E-state index is 0.0561. The van der Waals surface area contributed by atoms with Crippen LogP contribution in [0.4, 0.5) is 13.2 Å². The monoisotopic (exact) mass is 303 g/mol. The molecule has 0 radical (unpaired) electrons. The minimum atomic E-state index is -4.85. The Morgan fingerprint density at radius 2 is 2.00 bits per heavy atom. The molecule has 1 aromatic heterocycles. The van der Waals surface area contributed by atoms with Crippen LogP contribution in [0.3, 0.4) is 0 Å². The van der Waals surface area contributed by atoms with Gasteiger partial charge in [0.25, 0.3) is 0 Å². The van der Waals surface area contributed by atoms with Crippen LogP contribution in [0, 0.1) is 13.8 Å². The van der Waals surface area contributed by atoms with Crippen LogP contribution in [-0.2, 0) is 10.0 Å². The molecule has 0 saturated carbocycles. The van der Waals surface area contributed by atoms with Gasteiger partial charge in [-0.3, -0.25) is 0 Å². The van der Waals surface area contributed by atoms with Crippen molar-refractivity contribution in [3.8, 4) is 0 Å². The van der Waals surface area contributed by atoms with Crippen molar-refractivity contribution in [3.05, 3.63) is 15.8 Å². The standard InChI is InChI=1S/C9H12F3NO3S2/c1-5-3-7(6(2)17-5)18(15,16)13-4-8(14)9(10,11)12/h3,8,13-14H,4H2,1-2H3/t8-/m0/s1. The number of sulfonamides is 1. The molecule has 9 heteroatoms. The first kappa shape index (κ1) is 15.4. The molecule has 4 nitrogen and oxygen atoms in total. The zero-order valence-electron chi connectivity index (χ0n) is 9.58. The summed E-state index contributed by atoms with van der Waals surface area (Å²) in [6.45, 7) is 2.16. The molecule has 0 aliphatic rings. The molecule has 18 heavy (non-hydrogen) atoms. The number of nitrogens with one attached hydrogen (secondary N) is 1. The van der Waals surface area contributed by atoms with Crippen LogP contribution in [0.25, 0.3) is 0 Å². The molecule has 0 aliphatic heterocycles. The number of aliphatic hydroxyl groups excluding tert-OH is 1. The molecule has 1 aromatic rings. The molecular weight excluding hydrogens is 291 g/mol. The van der Waals surface area contributed by atoms with E-state index in [-0.39, 0.29) is 4.90 Å². The Morgan fingerprint density at radius 1 is 1.44 bits per heavy atom. The highest BCUT2D eigenvalue weighted by atomic mass is 32.2. The average Bonchev–Trinajstić information content (AvgIpc) is 2.53. The lowest BCUT2D eigenvalue weighted by molar-refractivity contribution is -0.200. The zero-order chi connectivity index (χ0) is 14.1. The maximum atomic E-state index is 12.0. The average molecular weight is 303 g/mol. The van der Waals surface area contributed by atoms with Crippen LogP contribution >= 0.6 is 11.3 Å². The largest absolute Gasteiger partial charge is 0.415 e. The molecule has 2 N–H and O–H groups in total. The van der Waals surface area contributed by atoms with Crippen LogP contribution < -0.4 is 4.72 Å². The molecule has 1 heterocycles. The predicted octanol–water partition coefficient (Wildman–Crippen LogP) is 1.57. The molecule has 0 saturated heterocycles. The van der Waals surface area contributed by atoms with Gasteiger partial charge in [0.2, 0.25) is 10.0 Å². The fraction of sp³-hybridized carbons (Fsp3) is 0.556. The maximum absolute atomic E-state index is 12.0. The smallest absolute Gasteiger partial charge is 0.382 e. The molecule has 0 spiro atoms. The van der Waals surface area contributed by atoms with Crippen LogP contribution in [0.5, 0.6) is 0 Å². The lowest BCUT2D eigenvalue weighted by Crippen LogP contribution is -2.40. The van der Waals surface area contributed by atoms with Crippen LogP contribution in [-0.4, -0.2) is 32.3 Å².